The Bertz CT molecular complexity index is 592. The zero-order valence-corrected chi connectivity index (χ0v) is 13.0. The second kappa shape index (κ2) is 7.33. The zero-order valence-electron chi connectivity index (χ0n) is 12.2. The fourth-order valence-electron chi connectivity index (χ4n) is 1.84. The Balaban J connectivity index is 1.82. The largest absolute Gasteiger partial charge is 0.464 e. The van der Waals surface area contributed by atoms with Gasteiger partial charge in [0.05, 0.1) is 18.9 Å². The van der Waals surface area contributed by atoms with E-state index in [1.165, 1.54) is 11.8 Å². The van der Waals surface area contributed by atoms with Gasteiger partial charge >= 0.3 is 0 Å². The second-order valence-electron chi connectivity index (χ2n) is 4.85. The Morgan fingerprint density at radius 3 is 2.52 bits per heavy atom. The Labute approximate surface area is 128 Å². The number of furan rings is 1. The molecule has 0 aliphatic heterocycles. The molecule has 0 saturated carbocycles. The summed E-state index contributed by atoms with van der Waals surface area (Å²) >= 11 is 1.49. The summed E-state index contributed by atoms with van der Waals surface area (Å²) < 4.78 is 5.47. The summed E-state index contributed by atoms with van der Waals surface area (Å²) in [6, 6.07) is 11.3. The van der Waals surface area contributed by atoms with Gasteiger partial charge < -0.3 is 14.4 Å². The summed E-state index contributed by atoms with van der Waals surface area (Å²) in [6.45, 7) is 2.41. The van der Waals surface area contributed by atoms with Crippen molar-refractivity contribution in [1.82, 2.24) is 4.90 Å². The Morgan fingerprint density at radius 2 is 1.95 bits per heavy atom. The van der Waals surface area contributed by atoms with Gasteiger partial charge in [-0.1, -0.05) is 12.1 Å². The van der Waals surface area contributed by atoms with Crippen molar-refractivity contribution in [2.75, 3.05) is 12.8 Å². The molecule has 21 heavy (non-hydrogen) atoms. The molecular weight excluding hydrogens is 286 g/mol. The smallest absolute Gasteiger partial charge is 0.233 e. The van der Waals surface area contributed by atoms with Crippen molar-refractivity contribution in [3.8, 4) is 0 Å². The molecule has 0 aliphatic carbocycles. The second-order valence-corrected chi connectivity index (χ2v) is 5.90. The summed E-state index contributed by atoms with van der Waals surface area (Å²) in [7, 11) is 1.77. The Hall–Kier alpha value is -1.72. The summed E-state index contributed by atoms with van der Waals surface area (Å²) in [5, 5.41) is 8.98. The third-order valence-electron chi connectivity index (χ3n) is 3.08. The van der Waals surface area contributed by atoms with Gasteiger partial charge in [-0.2, -0.15) is 0 Å². The van der Waals surface area contributed by atoms with Crippen LogP contribution in [0.4, 0.5) is 0 Å². The molecule has 5 heteroatoms. The lowest BCUT2D eigenvalue weighted by molar-refractivity contribution is -0.127. The van der Waals surface area contributed by atoms with E-state index in [-0.39, 0.29) is 12.5 Å². The predicted octanol–water partition coefficient (Wildman–Crippen LogP) is 2.83. The number of carbonyl (C=O) groups excluding carboxylic acids is 1. The predicted molar refractivity (Wildman–Crippen MR) is 83.0 cm³/mol. The number of rotatable bonds is 6. The highest BCUT2D eigenvalue weighted by Crippen LogP contribution is 2.19. The number of hydrogen-bond acceptors (Lipinski definition) is 4. The van der Waals surface area contributed by atoms with Crippen LogP contribution in [0, 0.1) is 6.92 Å². The molecule has 0 saturated heterocycles. The molecule has 0 bridgehead atoms. The monoisotopic (exact) mass is 305 g/mol. The molecule has 1 aromatic carbocycles. The molecule has 0 spiro atoms. The third-order valence-corrected chi connectivity index (χ3v) is 4.08. The number of benzene rings is 1. The third kappa shape index (κ3) is 4.65. The van der Waals surface area contributed by atoms with Crippen LogP contribution in [0.3, 0.4) is 0 Å². The average Bonchev–Trinajstić information content (AvgIpc) is 2.90. The number of thioether (sulfide) groups is 1. The molecule has 0 fully saturated rings. The molecule has 0 atom stereocenters. The number of hydrogen-bond donors (Lipinski definition) is 1. The van der Waals surface area contributed by atoms with E-state index < -0.39 is 0 Å². The molecule has 4 nitrogen and oxygen atoms in total. The fraction of sp³-hybridized carbons (Fsp3) is 0.312. The molecule has 1 amide bonds. The van der Waals surface area contributed by atoms with Crippen LogP contribution in [-0.2, 0) is 17.9 Å². The maximum absolute atomic E-state index is 12.1. The molecule has 1 N–H and O–H groups in total. The highest BCUT2D eigenvalue weighted by atomic mass is 32.2. The lowest BCUT2D eigenvalue weighted by Crippen LogP contribution is -2.27. The quantitative estimate of drug-likeness (QED) is 0.834. The molecule has 2 aromatic rings. The standard InChI is InChI=1S/C16H19NO3S/c1-12-3-6-14(20-12)9-17(2)16(19)11-21-15-7-4-13(10-18)5-8-15/h3-8,18H,9-11H2,1-2H3. The van der Waals surface area contributed by atoms with Gasteiger partial charge in [0.1, 0.15) is 11.5 Å². The lowest BCUT2D eigenvalue weighted by atomic mass is 10.2. The van der Waals surface area contributed by atoms with Crippen molar-refractivity contribution in [3.63, 3.8) is 0 Å². The minimum Gasteiger partial charge on any atom is -0.464 e. The molecule has 2 rings (SSSR count). The van der Waals surface area contributed by atoms with Gasteiger partial charge in [0.2, 0.25) is 5.91 Å². The van der Waals surface area contributed by atoms with Crippen LogP contribution < -0.4 is 0 Å². The topological polar surface area (TPSA) is 53.7 Å². The van der Waals surface area contributed by atoms with Gasteiger partial charge in [-0.3, -0.25) is 4.79 Å². The summed E-state index contributed by atoms with van der Waals surface area (Å²) in [4.78, 5) is 14.8. The van der Waals surface area contributed by atoms with Gasteiger partial charge in [0, 0.05) is 11.9 Å². The van der Waals surface area contributed by atoms with Crippen LogP contribution in [0.25, 0.3) is 0 Å². The number of carbonyl (C=O) groups is 1. The van der Waals surface area contributed by atoms with Crippen molar-refractivity contribution in [2.45, 2.75) is 25.0 Å². The summed E-state index contributed by atoms with van der Waals surface area (Å²) in [6.07, 6.45) is 0. The van der Waals surface area contributed by atoms with E-state index >= 15 is 0 Å². The Morgan fingerprint density at radius 1 is 1.24 bits per heavy atom. The van der Waals surface area contributed by atoms with E-state index in [0.29, 0.717) is 12.3 Å². The summed E-state index contributed by atoms with van der Waals surface area (Å²) in [5.74, 6) is 2.08. The van der Waals surface area contributed by atoms with Gasteiger partial charge in [-0.25, -0.2) is 0 Å². The first-order chi connectivity index (χ1) is 10.1. The first-order valence-corrected chi connectivity index (χ1v) is 7.69. The van der Waals surface area contributed by atoms with Crippen molar-refractivity contribution >= 4 is 17.7 Å². The van der Waals surface area contributed by atoms with Gasteiger partial charge in [0.15, 0.2) is 0 Å². The lowest BCUT2D eigenvalue weighted by Gasteiger charge is -2.15. The summed E-state index contributed by atoms with van der Waals surface area (Å²) in [5.41, 5.74) is 0.871. The van der Waals surface area contributed by atoms with Crippen molar-refractivity contribution < 1.29 is 14.3 Å². The number of amides is 1. The first-order valence-electron chi connectivity index (χ1n) is 6.70. The van der Waals surface area contributed by atoms with E-state index in [2.05, 4.69) is 0 Å². The first kappa shape index (κ1) is 15.7. The van der Waals surface area contributed by atoms with E-state index in [9.17, 15) is 4.79 Å². The van der Waals surface area contributed by atoms with E-state index in [0.717, 1.165) is 22.0 Å². The maximum Gasteiger partial charge on any atom is 0.233 e. The molecule has 1 heterocycles. The van der Waals surface area contributed by atoms with Crippen LogP contribution >= 0.6 is 11.8 Å². The number of aliphatic hydroxyl groups excluding tert-OH is 1. The van der Waals surface area contributed by atoms with Crippen LogP contribution in [0.5, 0.6) is 0 Å². The van der Waals surface area contributed by atoms with Gasteiger partial charge in [-0.05, 0) is 36.8 Å². The van der Waals surface area contributed by atoms with Crippen molar-refractivity contribution in [2.24, 2.45) is 0 Å². The minimum atomic E-state index is 0.0369. The number of aliphatic hydroxyl groups is 1. The van der Waals surface area contributed by atoms with E-state index in [1.807, 2.05) is 43.3 Å². The molecule has 0 unspecified atom stereocenters. The molecule has 0 radical (unpaired) electrons. The van der Waals surface area contributed by atoms with Crippen LogP contribution in [-0.4, -0.2) is 28.7 Å². The zero-order chi connectivity index (χ0) is 15.2. The molecule has 0 aliphatic rings. The fourth-order valence-corrected chi connectivity index (χ4v) is 2.68. The van der Waals surface area contributed by atoms with Crippen molar-refractivity contribution in [1.29, 1.82) is 0 Å². The van der Waals surface area contributed by atoms with Crippen molar-refractivity contribution in [3.05, 3.63) is 53.5 Å². The maximum atomic E-state index is 12.1. The minimum absolute atomic E-state index is 0.0369. The van der Waals surface area contributed by atoms with Crippen LogP contribution in [0.2, 0.25) is 0 Å². The average molecular weight is 305 g/mol. The highest BCUT2D eigenvalue weighted by molar-refractivity contribution is 8.00. The van der Waals surface area contributed by atoms with Crippen LogP contribution in [0.15, 0.2) is 45.7 Å². The van der Waals surface area contributed by atoms with E-state index in [1.54, 1.807) is 11.9 Å². The highest BCUT2D eigenvalue weighted by Gasteiger charge is 2.11. The number of nitrogens with zero attached hydrogens (tertiary/aromatic N) is 1. The molecule has 112 valence electrons. The molecular formula is C16H19NO3S. The Kier molecular flexibility index (Phi) is 5.47. The van der Waals surface area contributed by atoms with Gasteiger partial charge in [0.25, 0.3) is 0 Å². The molecule has 1 aromatic heterocycles. The van der Waals surface area contributed by atoms with Gasteiger partial charge in [-0.15, -0.1) is 11.8 Å². The van der Waals surface area contributed by atoms with E-state index in [4.69, 9.17) is 9.52 Å². The number of aryl methyl sites for hydroxylation is 1. The van der Waals surface area contributed by atoms with Crippen LogP contribution in [0.1, 0.15) is 17.1 Å². The SMILES string of the molecule is Cc1ccc(CN(C)C(=O)CSc2ccc(CO)cc2)o1. The normalized spacial score (nSPS) is 10.6.